The highest BCUT2D eigenvalue weighted by Crippen LogP contribution is 2.37. The molecule has 1 rings (SSSR count). The lowest BCUT2D eigenvalue weighted by molar-refractivity contribution is -0.177. The number of carboxylic acid groups (broad SMARTS) is 3. The Morgan fingerprint density at radius 1 is 1.00 bits per heavy atom. The van der Waals surface area contributed by atoms with Gasteiger partial charge < -0.3 is 15.3 Å². The van der Waals surface area contributed by atoms with Crippen LogP contribution < -0.4 is 0 Å². The van der Waals surface area contributed by atoms with E-state index >= 15 is 0 Å². The fourth-order valence-corrected chi connectivity index (χ4v) is 1.96. The van der Waals surface area contributed by atoms with Crippen molar-refractivity contribution in [2.24, 2.45) is 5.41 Å². The van der Waals surface area contributed by atoms with Crippen molar-refractivity contribution >= 4 is 29.5 Å². The normalized spacial score (nSPS) is 12.7. The van der Waals surface area contributed by atoms with Crippen LogP contribution in [0.3, 0.4) is 0 Å². The molecule has 1 aromatic carbocycles. The lowest BCUT2D eigenvalue weighted by Crippen LogP contribution is -2.50. The molecule has 0 aliphatic carbocycles. The van der Waals surface area contributed by atoms with Gasteiger partial charge in [0.05, 0.1) is 0 Å². The van der Waals surface area contributed by atoms with Gasteiger partial charge in [0.2, 0.25) is 0 Å². The second-order valence-corrected chi connectivity index (χ2v) is 4.43. The number of carboxylic acids is 3. The van der Waals surface area contributed by atoms with Crippen LogP contribution in [0.1, 0.15) is 18.4 Å². The molecule has 6 nitrogen and oxygen atoms in total. The molecular formula is C12H11ClO6. The van der Waals surface area contributed by atoms with Crippen LogP contribution in [-0.4, -0.2) is 33.2 Å². The third kappa shape index (κ3) is 2.39. The highest BCUT2D eigenvalue weighted by atomic mass is 35.5. The van der Waals surface area contributed by atoms with Gasteiger partial charge in [-0.25, -0.2) is 0 Å². The lowest BCUT2D eigenvalue weighted by Gasteiger charge is -2.27. The van der Waals surface area contributed by atoms with E-state index in [1.807, 2.05) is 0 Å². The van der Waals surface area contributed by atoms with Crippen LogP contribution >= 0.6 is 11.6 Å². The molecule has 0 amide bonds. The summed E-state index contributed by atoms with van der Waals surface area (Å²) in [4.78, 5) is 33.6. The minimum atomic E-state index is -2.94. The van der Waals surface area contributed by atoms with Gasteiger partial charge in [-0.15, -0.1) is 0 Å². The number of benzene rings is 1. The number of halogens is 1. The van der Waals surface area contributed by atoms with Crippen LogP contribution in [0, 0.1) is 5.41 Å². The predicted octanol–water partition coefficient (Wildman–Crippen LogP) is 1.68. The van der Waals surface area contributed by atoms with Crippen LogP contribution in [0.2, 0.25) is 5.02 Å². The topological polar surface area (TPSA) is 112 Å². The first-order valence-electron chi connectivity index (χ1n) is 5.20. The molecule has 0 radical (unpaired) electrons. The van der Waals surface area contributed by atoms with Crippen molar-refractivity contribution in [3.8, 4) is 0 Å². The van der Waals surface area contributed by atoms with E-state index in [1.54, 1.807) is 0 Å². The van der Waals surface area contributed by atoms with Crippen molar-refractivity contribution in [3.63, 3.8) is 0 Å². The summed E-state index contributed by atoms with van der Waals surface area (Å²) in [6, 6.07) is 5.67. The van der Waals surface area contributed by atoms with E-state index in [-0.39, 0.29) is 5.56 Å². The van der Waals surface area contributed by atoms with Gasteiger partial charge in [0, 0.05) is 10.9 Å². The Bertz CT molecular complexity index is 485. The summed E-state index contributed by atoms with van der Waals surface area (Å²) in [6.07, 6.45) is 0. The number of carbonyl (C=O) groups is 3. The molecule has 102 valence electrons. The molecular weight excluding hydrogens is 276 g/mol. The van der Waals surface area contributed by atoms with E-state index in [1.165, 1.54) is 31.2 Å². The van der Waals surface area contributed by atoms with Gasteiger partial charge in [-0.2, -0.15) is 0 Å². The van der Waals surface area contributed by atoms with Gasteiger partial charge >= 0.3 is 17.9 Å². The average Bonchev–Trinajstić information content (AvgIpc) is 2.28. The summed E-state index contributed by atoms with van der Waals surface area (Å²) >= 11 is 5.67. The first kappa shape index (κ1) is 15.0. The van der Waals surface area contributed by atoms with Crippen LogP contribution in [0.15, 0.2) is 24.3 Å². The predicted molar refractivity (Wildman–Crippen MR) is 65.2 cm³/mol. The summed E-state index contributed by atoms with van der Waals surface area (Å²) in [5.41, 5.74) is -2.68. The van der Waals surface area contributed by atoms with Crippen LogP contribution in [0.4, 0.5) is 0 Å². The Morgan fingerprint density at radius 2 is 1.37 bits per heavy atom. The molecule has 1 aromatic rings. The molecule has 0 aromatic heterocycles. The number of aliphatic carboxylic acids is 3. The molecule has 7 heteroatoms. The Labute approximate surface area is 113 Å². The molecule has 1 atom stereocenters. The highest BCUT2D eigenvalue weighted by molar-refractivity contribution is 6.30. The zero-order valence-electron chi connectivity index (χ0n) is 9.83. The first-order chi connectivity index (χ1) is 8.74. The van der Waals surface area contributed by atoms with Crippen molar-refractivity contribution in [2.75, 3.05) is 0 Å². The Kier molecular flexibility index (Phi) is 4.16. The maximum absolute atomic E-state index is 11.2. The van der Waals surface area contributed by atoms with Crippen molar-refractivity contribution < 1.29 is 29.7 Å². The van der Waals surface area contributed by atoms with Gasteiger partial charge in [-0.1, -0.05) is 30.7 Å². The van der Waals surface area contributed by atoms with E-state index in [0.29, 0.717) is 5.02 Å². The number of rotatable bonds is 5. The first-order valence-corrected chi connectivity index (χ1v) is 5.58. The monoisotopic (exact) mass is 286 g/mol. The third-order valence-electron chi connectivity index (χ3n) is 3.03. The molecule has 0 spiro atoms. The van der Waals surface area contributed by atoms with E-state index in [2.05, 4.69) is 0 Å². The largest absolute Gasteiger partial charge is 0.480 e. The second-order valence-electron chi connectivity index (χ2n) is 4.00. The van der Waals surface area contributed by atoms with E-state index in [4.69, 9.17) is 26.9 Å². The Hall–Kier alpha value is -2.08. The van der Waals surface area contributed by atoms with Crippen LogP contribution in [-0.2, 0) is 14.4 Å². The van der Waals surface area contributed by atoms with Crippen LogP contribution in [0.5, 0.6) is 0 Å². The number of hydrogen-bond donors (Lipinski definition) is 3. The van der Waals surface area contributed by atoms with Crippen LogP contribution in [0.25, 0.3) is 0 Å². The minimum Gasteiger partial charge on any atom is -0.480 e. The van der Waals surface area contributed by atoms with Gasteiger partial charge in [-0.3, -0.25) is 14.4 Å². The summed E-state index contributed by atoms with van der Waals surface area (Å²) in [7, 11) is 0. The average molecular weight is 287 g/mol. The van der Waals surface area contributed by atoms with E-state index in [0.717, 1.165) is 0 Å². The van der Waals surface area contributed by atoms with Crippen molar-refractivity contribution in [1.82, 2.24) is 0 Å². The van der Waals surface area contributed by atoms with Crippen molar-refractivity contribution in [3.05, 3.63) is 34.9 Å². The van der Waals surface area contributed by atoms with E-state index < -0.39 is 29.2 Å². The minimum absolute atomic E-state index is 0.261. The fraction of sp³-hybridized carbons (Fsp3) is 0.250. The van der Waals surface area contributed by atoms with Gasteiger partial charge in [0.15, 0.2) is 0 Å². The molecule has 0 fully saturated rings. The zero-order valence-corrected chi connectivity index (χ0v) is 10.6. The summed E-state index contributed by atoms with van der Waals surface area (Å²) in [5, 5.41) is 27.6. The summed E-state index contributed by atoms with van der Waals surface area (Å²) in [5.74, 6) is -7.03. The second kappa shape index (κ2) is 5.27. The molecule has 0 unspecified atom stereocenters. The van der Waals surface area contributed by atoms with Gasteiger partial charge in [0.25, 0.3) is 5.41 Å². The molecule has 0 aliphatic rings. The SMILES string of the molecule is C[C@@H](c1ccc(Cl)cc1)C(C(=O)O)(C(=O)O)C(=O)O. The molecule has 0 saturated carbocycles. The Balaban J connectivity index is 3.41. The lowest BCUT2D eigenvalue weighted by atomic mass is 9.73. The van der Waals surface area contributed by atoms with Gasteiger partial charge in [0.1, 0.15) is 0 Å². The fourth-order valence-electron chi connectivity index (χ4n) is 1.83. The molecule has 3 N–H and O–H groups in total. The molecule has 0 heterocycles. The highest BCUT2D eigenvalue weighted by Gasteiger charge is 2.59. The molecule has 0 saturated heterocycles. The molecule has 19 heavy (non-hydrogen) atoms. The van der Waals surface area contributed by atoms with Crippen molar-refractivity contribution in [1.29, 1.82) is 0 Å². The van der Waals surface area contributed by atoms with Gasteiger partial charge in [-0.05, 0) is 17.7 Å². The van der Waals surface area contributed by atoms with Crippen molar-refractivity contribution in [2.45, 2.75) is 12.8 Å². The molecule has 0 bridgehead atoms. The Morgan fingerprint density at radius 3 is 1.68 bits per heavy atom. The standard InChI is InChI=1S/C12H11ClO6/c1-6(7-2-4-8(13)5-3-7)12(9(14)15,10(16)17)11(18)19/h2-6H,1H3,(H,14,15)(H,16,17)(H,18,19)/t6-/m0/s1. The maximum atomic E-state index is 11.2. The smallest absolute Gasteiger partial charge is 0.333 e. The molecule has 0 aliphatic heterocycles. The third-order valence-corrected chi connectivity index (χ3v) is 3.28. The summed E-state index contributed by atoms with van der Waals surface area (Å²) < 4.78 is 0. The van der Waals surface area contributed by atoms with E-state index in [9.17, 15) is 14.4 Å². The quantitative estimate of drug-likeness (QED) is 0.710. The zero-order chi connectivity index (χ0) is 14.8. The summed E-state index contributed by atoms with van der Waals surface area (Å²) in [6.45, 7) is 1.24. The number of hydrogen-bond acceptors (Lipinski definition) is 3. The maximum Gasteiger partial charge on any atom is 0.333 e.